The summed E-state index contributed by atoms with van der Waals surface area (Å²) in [5.41, 5.74) is 1.15. The SMILES string of the molecule is O=C(OCC1=CC=CCC1)N1CCC(O)C1. The number of aliphatic hydroxyl groups is 1. The lowest BCUT2D eigenvalue weighted by atomic mass is 10.1. The number of rotatable bonds is 2. The third kappa shape index (κ3) is 2.85. The number of nitrogens with zero attached hydrogens (tertiary/aromatic N) is 1. The summed E-state index contributed by atoms with van der Waals surface area (Å²) in [7, 11) is 0. The van der Waals surface area contributed by atoms with E-state index in [1.165, 1.54) is 0 Å². The number of likely N-dealkylation sites (tertiary alicyclic amines) is 1. The first-order valence-electron chi connectivity index (χ1n) is 5.70. The van der Waals surface area contributed by atoms with E-state index in [1.54, 1.807) is 4.90 Å². The van der Waals surface area contributed by atoms with Crippen LogP contribution in [-0.2, 0) is 4.74 Å². The molecule has 0 saturated carbocycles. The molecular formula is C12H17NO3. The van der Waals surface area contributed by atoms with Gasteiger partial charge in [-0.05, 0) is 24.8 Å². The Morgan fingerprint density at radius 2 is 2.50 bits per heavy atom. The highest BCUT2D eigenvalue weighted by atomic mass is 16.6. The second-order valence-electron chi connectivity index (χ2n) is 4.23. The molecule has 0 bridgehead atoms. The first-order valence-corrected chi connectivity index (χ1v) is 5.70. The third-order valence-corrected chi connectivity index (χ3v) is 2.90. The van der Waals surface area contributed by atoms with Crippen molar-refractivity contribution in [1.29, 1.82) is 0 Å². The van der Waals surface area contributed by atoms with Gasteiger partial charge in [-0.3, -0.25) is 0 Å². The number of carbonyl (C=O) groups is 1. The van der Waals surface area contributed by atoms with Crippen molar-refractivity contribution in [3.8, 4) is 0 Å². The lowest BCUT2D eigenvalue weighted by Gasteiger charge is -2.16. The molecule has 1 aliphatic heterocycles. The highest BCUT2D eigenvalue weighted by Gasteiger charge is 2.25. The van der Waals surface area contributed by atoms with E-state index >= 15 is 0 Å². The van der Waals surface area contributed by atoms with Crippen LogP contribution in [0.5, 0.6) is 0 Å². The molecule has 2 aliphatic rings. The van der Waals surface area contributed by atoms with Crippen molar-refractivity contribution < 1.29 is 14.6 Å². The molecule has 1 aliphatic carbocycles. The van der Waals surface area contributed by atoms with E-state index in [1.807, 2.05) is 12.2 Å². The quantitative estimate of drug-likeness (QED) is 0.771. The smallest absolute Gasteiger partial charge is 0.410 e. The first kappa shape index (κ1) is 11.2. The van der Waals surface area contributed by atoms with Crippen molar-refractivity contribution in [1.82, 2.24) is 4.90 Å². The molecule has 4 heteroatoms. The third-order valence-electron chi connectivity index (χ3n) is 2.90. The molecule has 0 aromatic heterocycles. The molecule has 0 aromatic rings. The predicted molar refractivity (Wildman–Crippen MR) is 60.0 cm³/mol. The first-order chi connectivity index (χ1) is 7.75. The van der Waals surface area contributed by atoms with Crippen LogP contribution in [-0.4, -0.2) is 41.9 Å². The molecule has 1 saturated heterocycles. The molecule has 1 unspecified atom stereocenters. The van der Waals surface area contributed by atoms with Crippen LogP contribution >= 0.6 is 0 Å². The predicted octanol–water partition coefficient (Wildman–Crippen LogP) is 1.47. The van der Waals surface area contributed by atoms with E-state index in [0.29, 0.717) is 26.1 Å². The highest BCUT2D eigenvalue weighted by molar-refractivity contribution is 5.68. The van der Waals surface area contributed by atoms with Crippen LogP contribution in [0.15, 0.2) is 23.8 Å². The van der Waals surface area contributed by atoms with E-state index in [9.17, 15) is 9.90 Å². The number of hydrogen-bond donors (Lipinski definition) is 1. The highest BCUT2D eigenvalue weighted by Crippen LogP contribution is 2.14. The van der Waals surface area contributed by atoms with Gasteiger partial charge in [0.1, 0.15) is 6.61 Å². The summed E-state index contributed by atoms with van der Waals surface area (Å²) >= 11 is 0. The maximum atomic E-state index is 11.6. The largest absolute Gasteiger partial charge is 0.445 e. The van der Waals surface area contributed by atoms with Crippen LogP contribution in [0.2, 0.25) is 0 Å². The normalized spacial score (nSPS) is 24.4. The maximum Gasteiger partial charge on any atom is 0.410 e. The van der Waals surface area contributed by atoms with Gasteiger partial charge in [0.15, 0.2) is 0 Å². The van der Waals surface area contributed by atoms with Crippen LogP contribution in [0.3, 0.4) is 0 Å². The maximum absolute atomic E-state index is 11.6. The number of carbonyl (C=O) groups excluding carboxylic acids is 1. The van der Waals surface area contributed by atoms with Gasteiger partial charge in [-0.15, -0.1) is 0 Å². The minimum absolute atomic E-state index is 0.313. The number of aliphatic hydroxyl groups excluding tert-OH is 1. The average Bonchev–Trinajstić information content (AvgIpc) is 2.74. The molecule has 0 aromatic carbocycles. The summed E-state index contributed by atoms with van der Waals surface area (Å²) in [6, 6.07) is 0. The van der Waals surface area contributed by atoms with Gasteiger partial charge in [-0.25, -0.2) is 4.79 Å². The topological polar surface area (TPSA) is 49.8 Å². The van der Waals surface area contributed by atoms with Crippen LogP contribution in [0.25, 0.3) is 0 Å². The van der Waals surface area contributed by atoms with Crippen LogP contribution in [0.1, 0.15) is 19.3 Å². The van der Waals surface area contributed by atoms with Crippen molar-refractivity contribution in [2.45, 2.75) is 25.4 Å². The summed E-state index contributed by atoms with van der Waals surface area (Å²) in [4.78, 5) is 13.1. The van der Waals surface area contributed by atoms with Gasteiger partial charge in [0.25, 0.3) is 0 Å². The number of hydrogen-bond acceptors (Lipinski definition) is 3. The van der Waals surface area contributed by atoms with Gasteiger partial charge in [-0.1, -0.05) is 18.2 Å². The molecule has 1 atom stereocenters. The Morgan fingerprint density at radius 3 is 3.12 bits per heavy atom. The summed E-state index contributed by atoms with van der Waals surface area (Å²) in [5, 5.41) is 9.30. The molecule has 4 nitrogen and oxygen atoms in total. The number of β-amino-alcohol motifs (C(OH)–C–C–N with tert-alkyl or cyclic N) is 1. The van der Waals surface area contributed by atoms with Crippen molar-refractivity contribution in [3.63, 3.8) is 0 Å². The van der Waals surface area contributed by atoms with Crippen LogP contribution in [0.4, 0.5) is 4.79 Å². The molecule has 1 fully saturated rings. The summed E-state index contributed by atoms with van der Waals surface area (Å²) in [6.45, 7) is 1.37. The summed E-state index contributed by atoms with van der Waals surface area (Å²) in [5.74, 6) is 0. The zero-order valence-corrected chi connectivity index (χ0v) is 9.26. The fraction of sp³-hybridized carbons (Fsp3) is 0.583. The number of amides is 1. The van der Waals surface area contributed by atoms with Crippen molar-refractivity contribution in [2.75, 3.05) is 19.7 Å². The van der Waals surface area contributed by atoms with Crippen molar-refractivity contribution in [3.05, 3.63) is 23.8 Å². The Kier molecular flexibility index (Phi) is 3.62. The van der Waals surface area contributed by atoms with Gasteiger partial charge in [0.05, 0.1) is 6.10 Å². The Bertz CT molecular complexity index is 322. The fourth-order valence-corrected chi connectivity index (χ4v) is 1.93. The zero-order chi connectivity index (χ0) is 11.4. The lowest BCUT2D eigenvalue weighted by molar-refractivity contribution is 0.109. The van der Waals surface area contributed by atoms with Crippen molar-refractivity contribution >= 4 is 6.09 Å². The molecule has 16 heavy (non-hydrogen) atoms. The monoisotopic (exact) mass is 223 g/mol. The van der Waals surface area contributed by atoms with E-state index in [-0.39, 0.29) is 12.2 Å². The Labute approximate surface area is 95.2 Å². The molecule has 1 heterocycles. The molecule has 1 N–H and O–H groups in total. The molecule has 88 valence electrons. The minimum atomic E-state index is -0.385. The van der Waals surface area contributed by atoms with Gasteiger partial charge in [0.2, 0.25) is 0 Å². The summed E-state index contributed by atoms with van der Waals surface area (Å²) in [6.07, 6.45) is 8.03. The summed E-state index contributed by atoms with van der Waals surface area (Å²) < 4.78 is 5.19. The average molecular weight is 223 g/mol. The molecular weight excluding hydrogens is 206 g/mol. The van der Waals surface area contributed by atoms with Crippen LogP contribution < -0.4 is 0 Å². The minimum Gasteiger partial charge on any atom is -0.445 e. The molecule has 0 radical (unpaired) electrons. The van der Waals surface area contributed by atoms with E-state index in [2.05, 4.69) is 6.08 Å². The lowest BCUT2D eigenvalue weighted by Crippen LogP contribution is -2.30. The second-order valence-corrected chi connectivity index (χ2v) is 4.23. The number of allylic oxidation sites excluding steroid dienone is 3. The van der Waals surface area contributed by atoms with E-state index < -0.39 is 0 Å². The fourth-order valence-electron chi connectivity index (χ4n) is 1.93. The number of ether oxygens (including phenoxy) is 1. The molecule has 0 spiro atoms. The van der Waals surface area contributed by atoms with Gasteiger partial charge in [-0.2, -0.15) is 0 Å². The van der Waals surface area contributed by atoms with Crippen molar-refractivity contribution in [2.24, 2.45) is 0 Å². The van der Waals surface area contributed by atoms with Gasteiger partial charge < -0.3 is 14.7 Å². The Morgan fingerprint density at radius 1 is 1.62 bits per heavy atom. The zero-order valence-electron chi connectivity index (χ0n) is 9.26. The van der Waals surface area contributed by atoms with Gasteiger partial charge in [0, 0.05) is 13.1 Å². The Hall–Kier alpha value is -1.29. The molecule has 1 amide bonds. The van der Waals surface area contributed by atoms with Gasteiger partial charge >= 0.3 is 6.09 Å². The van der Waals surface area contributed by atoms with Crippen LogP contribution in [0, 0.1) is 0 Å². The second kappa shape index (κ2) is 5.16. The van der Waals surface area contributed by atoms with E-state index in [0.717, 1.165) is 18.4 Å². The van der Waals surface area contributed by atoms with E-state index in [4.69, 9.17) is 4.74 Å². The standard InChI is InChI=1S/C12H17NO3/c14-11-6-7-13(8-11)12(15)16-9-10-4-2-1-3-5-10/h1-2,4,11,14H,3,5-9H2. The molecule has 2 rings (SSSR count). The Balaban J connectivity index is 1.75.